The van der Waals surface area contributed by atoms with E-state index >= 15 is 0 Å². The Balaban J connectivity index is 1.78. The van der Waals surface area contributed by atoms with Crippen molar-refractivity contribution in [2.24, 2.45) is 11.7 Å². The number of benzene rings is 1. The molecule has 0 aromatic heterocycles. The van der Waals surface area contributed by atoms with E-state index in [2.05, 4.69) is 0 Å². The summed E-state index contributed by atoms with van der Waals surface area (Å²) in [6.45, 7) is 0.968. The van der Waals surface area contributed by atoms with E-state index in [1.807, 2.05) is 0 Å². The van der Waals surface area contributed by atoms with Gasteiger partial charge < -0.3 is 10.5 Å². The van der Waals surface area contributed by atoms with Gasteiger partial charge in [0.25, 0.3) is 0 Å². The van der Waals surface area contributed by atoms with Gasteiger partial charge in [-0.05, 0) is 24.8 Å². The lowest BCUT2D eigenvalue weighted by Gasteiger charge is -2.22. The maximum absolute atomic E-state index is 13.5. The second-order valence-corrected chi connectivity index (χ2v) is 5.31. The van der Waals surface area contributed by atoms with Crippen LogP contribution >= 0.6 is 0 Å². The lowest BCUT2D eigenvalue weighted by molar-refractivity contribution is 0.0753. The summed E-state index contributed by atoms with van der Waals surface area (Å²) in [5.41, 5.74) is 6.18. The van der Waals surface area contributed by atoms with Crippen LogP contribution in [0, 0.1) is 17.6 Å². The predicted octanol–water partition coefficient (Wildman–Crippen LogP) is 3.56. The first-order valence-corrected chi connectivity index (χ1v) is 6.95. The van der Waals surface area contributed by atoms with Gasteiger partial charge in [-0.2, -0.15) is 0 Å². The summed E-state index contributed by atoms with van der Waals surface area (Å²) < 4.78 is 31.9. The van der Waals surface area contributed by atoms with E-state index in [1.165, 1.54) is 44.2 Å². The highest BCUT2D eigenvalue weighted by atomic mass is 19.1. The smallest absolute Gasteiger partial charge is 0.130 e. The highest BCUT2D eigenvalue weighted by Gasteiger charge is 2.16. The minimum Gasteiger partial charge on any atom is -0.379 e. The zero-order valence-corrected chi connectivity index (χ0v) is 11.1. The van der Waals surface area contributed by atoms with E-state index in [-0.39, 0.29) is 6.61 Å². The Hall–Kier alpha value is -1.00. The number of hydrogen-bond acceptors (Lipinski definition) is 2. The lowest BCUT2D eigenvalue weighted by atomic mass is 9.90. The summed E-state index contributed by atoms with van der Waals surface area (Å²) in [6.07, 6.45) is 6.27. The molecule has 0 bridgehead atoms. The lowest BCUT2D eigenvalue weighted by Crippen LogP contribution is -2.21. The van der Waals surface area contributed by atoms with Gasteiger partial charge in [0.05, 0.1) is 12.6 Å². The van der Waals surface area contributed by atoms with Crippen LogP contribution < -0.4 is 5.73 Å². The Morgan fingerprint density at radius 2 is 1.95 bits per heavy atom. The first kappa shape index (κ1) is 14.4. The van der Waals surface area contributed by atoms with Crippen LogP contribution in [0.1, 0.15) is 43.7 Å². The third-order valence-electron chi connectivity index (χ3n) is 3.74. The molecule has 1 aromatic carbocycles. The fourth-order valence-corrected chi connectivity index (χ4v) is 2.61. The molecule has 0 heterocycles. The van der Waals surface area contributed by atoms with Crippen molar-refractivity contribution in [1.82, 2.24) is 0 Å². The van der Waals surface area contributed by atoms with Crippen molar-refractivity contribution in [1.29, 1.82) is 0 Å². The molecular weight excluding hydrogens is 248 g/mol. The molecule has 0 spiro atoms. The zero-order valence-electron chi connectivity index (χ0n) is 11.1. The monoisotopic (exact) mass is 269 g/mol. The standard InChI is InChI=1S/C15H21F2NO/c16-12-6-7-13(14(17)8-12)15(18)10-19-9-11-4-2-1-3-5-11/h6-8,11,15H,1-5,9-10,18H2. The fourth-order valence-electron chi connectivity index (χ4n) is 2.61. The van der Waals surface area contributed by atoms with Gasteiger partial charge in [-0.25, -0.2) is 8.78 Å². The molecule has 1 unspecified atom stereocenters. The van der Waals surface area contributed by atoms with Gasteiger partial charge in [-0.3, -0.25) is 0 Å². The average molecular weight is 269 g/mol. The molecule has 1 aromatic rings. The predicted molar refractivity (Wildman–Crippen MR) is 70.7 cm³/mol. The summed E-state index contributed by atoms with van der Waals surface area (Å²) in [4.78, 5) is 0. The first-order valence-electron chi connectivity index (χ1n) is 6.95. The van der Waals surface area contributed by atoms with Crippen LogP contribution in [0.15, 0.2) is 18.2 Å². The summed E-state index contributed by atoms with van der Waals surface area (Å²) >= 11 is 0. The molecule has 1 aliphatic rings. The largest absolute Gasteiger partial charge is 0.379 e. The SMILES string of the molecule is NC(COCC1CCCCC1)c1ccc(F)cc1F. The summed E-state index contributed by atoms with van der Waals surface area (Å²) in [6, 6.07) is 2.93. The van der Waals surface area contributed by atoms with Crippen LogP contribution in [-0.2, 0) is 4.74 Å². The summed E-state index contributed by atoms with van der Waals surface area (Å²) in [5, 5.41) is 0. The van der Waals surface area contributed by atoms with Crippen LogP contribution in [0.3, 0.4) is 0 Å². The van der Waals surface area contributed by atoms with Crippen LogP contribution in [0.2, 0.25) is 0 Å². The van der Waals surface area contributed by atoms with Crippen LogP contribution in [0.25, 0.3) is 0 Å². The van der Waals surface area contributed by atoms with Crippen molar-refractivity contribution in [2.45, 2.75) is 38.1 Å². The third-order valence-corrected chi connectivity index (χ3v) is 3.74. The Bertz CT molecular complexity index is 405. The van der Waals surface area contributed by atoms with Gasteiger partial charge in [-0.1, -0.05) is 25.3 Å². The van der Waals surface area contributed by atoms with Crippen molar-refractivity contribution in [3.05, 3.63) is 35.4 Å². The van der Waals surface area contributed by atoms with E-state index in [9.17, 15) is 8.78 Å². The maximum atomic E-state index is 13.5. The number of ether oxygens (including phenoxy) is 1. The zero-order chi connectivity index (χ0) is 13.7. The fraction of sp³-hybridized carbons (Fsp3) is 0.600. The van der Waals surface area contributed by atoms with Gasteiger partial charge in [0, 0.05) is 18.2 Å². The molecule has 1 fully saturated rings. The summed E-state index contributed by atoms with van der Waals surface area (Å²) in [7, 11) is 0. The molecule has 4 heteroatoms. The van der Waals surface area contributed by atoms with E-state index in [1.54, 1.807) is 0 Å². The quantitative estimate of drug-likeness (QED) is 0.887. The van der Waals surface area contributed by atoms with Gasteiger partial charge in [0.2, 0.25) is 0 Å². The molecule has 2 N–H and O–H groups in total. The molecule has 19 heavy (non-hydrogen) atoms. The van der Waals surface area contributed by atoms with Crippen molar-refractivity contribution in [3.63, 3.8) is 0 Å². The van der Waals surface area contributed by atoms with E-state index in [0.29, 0.717) is 18.1 Å². The van der Waals surface area contributed by atoms with Gasteiger partial charge in [-0.15, -0.1) is 0 Å². The van der Waals surface area contributed by atoms with Gasteiger partial charge >= 0.3 is 0 Å². The van der Waals surface area contributed by atoms with Crippen molar-refractivity contribution >= 4 is 0 Å². The molecule has 1 saturated carbocycles. The molecule has 0 saturated heterocycles. The van der Waals surface area contributed by atoms with Crippen LogP contribution in [0.4, 0.5) is 8.78 Å². The molecule has 106 valence electrons. The molecule has 0 aliphatic heterocycles. The maximum Gasteiger partial charge on any atom is 0.130 e. The number of rotatable bonds is 5. The topological polar surface area (TPSA) is 35.2 Å². The number of halogens is 2. The van der Waals surface area contributed by atoms with Crippen molar-refractivity contribution in [2.75, 3.05) is 13.2 Å². The minimum atomic E-state index is -0.603. The van der Waals surface area contributed by atoms with E-state index in [4.69, 9.17) is 10.5 Å². The van der Waals surface area contributed by atoms with Crippen molar-refractivity contribution < 1.29 is 13.5 Å². The molecular formula is C15H21F2NO. The Labute approximate surface area is 112 Å². The number of nitrogens with two attached hydrogens (primary N) is 1. The molecule has 0 amide bonds. The number of hydrogen-bond donors (Lipinski definition) is 1. The minimum absolute atomic E-state index is 0.277. The second-order valence-electron chi connectivity index (χ2n) is 5.31. The Morgan fingerprint density at radius 3 is 2.63 bits per heavy atom. The highest BCUT2D eigenvalue weighted by Crippen LogP contribution is 2.24. The van der Waals surface area contributed by atoms with E-state index < -0.39 is 17.7 Å². The average Bonchev–Trinajstić information content (AvgIpc) is 2.39. The molecule has 1 aliphatic carbocycles. The third kappa shape index (κ3) is 4.25. The highest BCUT2D eigenvalue weighted by molar-refractivity contribution is 5.21. The van der Waals surface area contributed by atoms with Crippen LogP contribution in [-0.4, -0.2) is 13.2 Å². The molecule has 0 radical (unpaired) electrons. The van der Waals surface area contributed by atoms with Crippen LogP contribution in [0.5, 0.6) is 0 Å². The Kier molecular flexibility index (Phi) is 5.28. The second kappa shape index (κ2) is 6.96. The van der Waals surface area contributed by atoms with Gasteiger partial charge in [0.15, 0.2) is 0 Å². The van der Waals surface area contributed by atoms with Gasteiger partial charge in [0.1, 0.15) is 11.6 Å². The Morgan fingerprint density at radius 1 is 1.21 bits per heavy atom. The normalized spacial score (nSPS) is 18.5. The summed E-state index contributed by atoms with van der Waals surface area (Å²) in [5.74, 6) is -0.579. The van der Waals surface area contributed by atoms with E-state index in [0.717, 1.165) is 6.07 Å². The van der Waals surface area contributed by atoms with Crippen molar-refractivity contribution in [3.8, 4) is 0 Å². The first-order chi connectivity index (χ1) is 9.16. The molecule has 2 rings (SSSR count). The molecule has 1 atom stereocenters. The molecule has 2 nitrogen and oxygen atoms in total.